The lowest BCUT2D eigenvalue weighted by molar-refractivity contribution is 0.267. The van der Waals surface area contributed by atoms with Crippen molar-refractivity contribution in [2.24, 2.45) is 0 Å². The minimum absolute atomic E-state index is 0.259. The van der Waals surface area contributed by atoms with Crippen LogP contribution in [0.2, 0.25) is 0 Å². The van der Waals surface area contributed by atoms with Crippen molar-refractivity contribution in [1.29, 1.82) is 0 Å². The zero-order valence-electron chi connectivity index (χ0n) is 13.7. The maximum absolute atomic E-state index is 12.8. The summed E-state index contributed by atoms with van der Waals surface area (Å²) in [6.07, 6.45) is 6.64. The number of aromatic nitrogens is 3. The summed E-state index contributed by atoms with van der Waals surface area (Å²) in [5.74, 6) is 1.20. The molecule has 0 unspecified atom stereocenters. The van der Waals surface area contributed by atoms with Crippen LogP contribution in [0.1, 0.15) is 43.8 Å². The Morgan fingerprint density at radius 2 is 1.62 bits per heavy atom. The highest BCUT2D eigenvalue weighted by atomic mass is 32.2. The average molecular weight is 349 g/mol. The van der Waals surface area contributed by atoms with E-state index in [1.54, 1.807) is 8.61 Å². The minimum atomic E-state index is -3.30. The molecule has 0 radical (unpaired) electrons. The third-order valence-electron chi connectivity index (χ3n) is 5.13. The van der Waals surface area contributed by atoms with E-state index < -0.39 is 10.2 Å². The molecule has 0 bridgehead atoms. The van der Waals surface area contributed by atoms with Crippen LogP contribution in [-0.4, -0.2) is 57.8 Å². The van der Waals surface area contributed by atoms with Crippen molar-refractivity contribution in [2.45, 2.75) is 38.0 Å². The molecule has 2 fully saturated rings. The molecule has 0 atom stereocenters. The first-order valence-corrected chi connectivity index (χ1v) is 10.1. The largest absolute Gasteiger partial charge is 0.286 e. The van der Waals surface area contributed by atoms with Gasteiger partial charge in [-0.05, 0) is 37.8 Å². The number of hydrogen-bond acceptors (Lipinski definition) is 4. The van der Waals surface area contributed by atoms with E-state index in [1.807, 2.05) is 28.8 Å². The third kappa shape index (κ3) is 2.82. The second-order valence-corrected chi connectivity index (χ2v) is 8.56. The van der Waals surface area contributed by atoms with E-state index >= 15 is 0 Å². The summed E-state index contributed by atoms with van der Waals surface area (Å²) in [5, 5.41) is 8.54. The molecule has 0 aliphatic carbocycles. The molecular formula is C16H23N5O2S. The fraction of sp³-hybridized carbons (Fsp3) is 0.625. The van der Waals surface area contributed by atoms with Crippen molar-refractivity contribution < 1.29 is 8.42 Å². The van der Waals surface area contributed by atoms with Crippen LogP contribution in [0.25, 0.3) is 5.65 Å². The summed E-state index contributed by atoms with van der Waals surface area (Å²) in [7, 11) is -3.30. The van der Waals surface area contributed by atoms with Gasteiger partial charge in [-0.1, -0.05) is 12.5 Å². The molecule has 0 N–H and O–H groups in total. The Kier molecular flexibility index (Phi) is 4.28. The summed E-state index contributed by atoms with van der Waals surface area (Å²) < 4.78 is 30.8. The first-order chi connectivity index (χ1) is 11.7. The van der Waals surface area contributed by atoms with Crippen molar-refractivity contribution in [1.82, 2.24) is 23.2 Å². The van der Waals surface area contributed by atoms with Crippen molar-refractivity contribution in [3.05, 3.63) is 30.2 Å². The highest BCUT2D eigenvalue weighted by Crippen LogP contribution is 2.29. The molecule has 2 saturated heterocycles. The summed E-state index contributed by atoms with van der Waals surface area (Å²) in [5.41, 5.74) is 0.843. The molecule has 4 rings (SSSR count). The molecule has 8 heteroatoms. The molecule has 2 aromatic heterocycles. The number of rotatable bonds is 3. The third-order valence-corrected chi connectivity index (χ3v) is 7.16. The zero-order valence-corrected chi connectivity index (χ0v) is 14.5. The van der Waals surface area contributed by atoms with Crippen LogP contribution in [0.3, 0.4) is 0 Å². The van der Waals surface area contributed by atoms with Crippen molar-refractivity contribution >= 4 is 15.9 Å². The summed E-state index contributed by atoms with van der Waals surface area (Å²) in [6.45, 7) is 2.45. The predicted octanol–water partition coefficient (Wildman–Crippen LogP) is 1.64. The van der Waals surface area contributed by atoms with E-state index in [0.29, 0.717) is 26.2 Å². The van der Waals surface area contributed by atoms with Crippen LogP contribution in [0.4, 0.5) is 0 Å². The van der Waals surface area contributed by atoms with E-state index in [9.17, 15) is 8.42 Å². The van der Waals surface area contributed by atoms with Gasteiger partial charge in [0.25, 0.3) is 10.2 Å². The second-order valence-electron chi connectivity index (χ2n) is 6.63. The lowest BCUT2D eigenvalue weighted by atomic mass is 9.97. The molecule has 0 spiro atoms. The van der Waals surface area contributed by atoms with Gasteiger partial charge >= 0.3 is 0 Å². The first-order valence-electron chi connectivity index (χ1n) is 8.71. The molecule has 24 heavy (non-hydrogen) atoms. The van der Waals surface area contributed by atoms with Gasteiger partial charge in [-0.2, -0.15) is 17.0 Å². The van der Waals surface area contributed by atoms with Crippen molar-refractivity contribution in [3.63, 3.8) is 0 Å². The van der Waals surface area contributed by atoms with Gasteiger partial charge in [0.2, 0.25) is 0 Å². The number of piperidine rings is 2. The van der Waals surface area contributed by atoms with Crippen LogP contribution in [0.15, 0.2) is 24.4 Å². The fourth-order valence-corrected chi connectivity index (χ4v) is 5.46. The van der Waals surface area contributed by atoms with Gasteiger partial charge in [0.1, 0.15) is 5.82 Å². The van der Waals surface area contributed by atoms with Gasteiger partial charge in [0.15, 0.2) is 5.65 Å². The summed E-state index contributed by atoms with van der Waals surface area (Å²) in [6, 6.07) is 5.85. The monoisotopic (exact) mass is 349 g/mol. The Morgan fingerprint density at radius 3 is 2.38 bits per heavy atom. The quantitative estimate of drug-likeness (QED) is 0.845. The molecule has 130 valence electrons. The zero-order chi connectivity index (χ0) is 16.6. The van der Waals surface area contributed by atoms with E-state index in [-0.39, 0.29) is 5.92 Å². The standard InChI is InChI=1S/C16H23N5O2S/c22-24(23,19-9-3-1-4-10-19)20-12-7-14(8-13-20)16-18-17-15-6-2-5-11-21(15)16/h2,5-6,11,14H,1,3-4,7-10,12-13H2. The average Bonchev–Trinajstić information content (AvgIpc) is 3.07. The highest BCUT2D eigenvalue weighted by molar-refractivity contribution is 7.86. The number of fused-ring (bicyclic) bond motifs is 1. The van der Waals surface area contributed by atoms with Crippen LogP contribution < -0.4 is 0 Å². The Labute approximate surface area is 142 Å². The van der Waals surface area contributed by atoms with Gasteiger partial charge in [0.05, 0.1) is 0 Å². The van der Waals surface area contributed by atoms with Crippen LogP contribution >= 0.6 is 0 Å². The topological polar surface area (TPSA) is 70.8 Å². The minimum Gasteiger partial charge on any atom is -0.286 e. The van der Waals surface area contributed by atoms with Crippen LogP contribution in [0.5, 0.6) is 0 Å². The molecular weight excluding hydrogens is 326 g/mol. The molecule has 4 heterocycles. The second kappa shape index (κ2) is 6.42. The Bertz CT molecular complexity index is 805. The Balaban J connectivity index is 1.47. The predicted molar refractivity (Wildman–Crippen MR) is 90.9 cm³/mol. The number of hydrogen-bond donors (Lipinski definition) is 0. The maximum atomic E-state index is 12.8. The molecule has 7 nitrogen and oxygen atoms in total. The highest BCUT2D eigenvalue weighted by Gasteiger charge is 2.34. The molecule has 2 aliphatic heterocycles. The van der Waals surface area contributed by atoms with E-state index in [2.05, 4.69) is 10.2 Å². The molecule has 0 amide bonds. The molecule has 2 aromatic rings. The van der Waals surface area contributed by atoms with E-state index in [4.69, 9.17) is 0 Å². The van der Waals surface area contributed by atoms with E-state index in [1.165, 1.54) is 0 Å². The number of nitrogens with zero attached hydrogens (tertiary/aromatic N) is 5. The van der Waals surface area contributed by atoms with Crippen LogP contribution in [-0.2, 0) is 10.2 Å². The van der Waals surface area contributed by atoms with Crippen molar-refractivity contribution in [2.75, 3.05) is 26.2 Å². The van der Waals surface area contributed by atoms with Gasteiger partial charge in [-0.25, -0.2) is 0 Å². The summed E-state index contributed by atoms with van der Waals surface area (Å²) >= 11 is 0. The number of pyridine rings is 1. The summed E-state index contributed by atoms with van der Waals surface area (Å²) in [4.78, 5) is 0. The van der Waals surface area contributed by atoms with Gasteiger partial charge < -0.3 is 0 Å². The lowest BCUT2D eigenvalue weighted by Gasteiger charge is -2.35. The SMILES string of the molecule is O=S(=O)(N1CCCCC1)N1CCC(c2nnc3ccccn23)CC1. The Hall–Kier alpha value is -1.51. The van der Waals surface area contributed by atoms with Gasteiger partial charge in [0, 0.05) is 38.3 Å². The first kappa shape index (κ1) is 16.0. The molecule has 2 aliphatic rings. The van der Waals surface area contributed by atoms with Crippen LogP contribution in [0, 0.1) is 0 Å². The van der Waals surface area contributed by atoms with Gasteiger partial charge in [-0.15, -0.1) is 10.2 Å². The lowest BCUT2D eigenvalue weighted by Crippen LogP contribution is -2.48. The van der Waals surface area contributed by atoms with Gasteiger partial charge in [-0.3, -0.25) is 4.40 Å². The smallest absolute Gasteiger partial charge is 0.281 e. The van der Waals surface area contributed by atoms with E-state index in [0.717, 1.165) is 43.6 Å². The maximum Gasteiger partial charge on any atom is 0.281 e. The Morgan fingerprint density at radius 1 is 0.917 bits per heavy atom. The van der Waals surface area contributed by atoms with Crippen molar-refractivity contribution in [3.8, 4) is 0 Å². The molecule has 0 saturated carbocycles. The normalized spacial score (nSPS) is 22.2. The molecule has 0 aromatic carbocycles. The fourth-order valence-electron chi connectivity index (χ4n) is 3.74.